The van der Waals surface area contributed by atoms with Crippen LogP contribution in [-0.4, -0.2) is 43.7 Å². The van der Waals surface area contributed by atoms with E-state index in [1.807, 2.05) is 0 Å². The van der Waals surface area contributed by atoms with Gasteiger partial charge in [0.15, 0.2) is 0 Å². The standard InChI is InChI=1S/C17H22ClN3O3.ClH/c18-12-1-3-13(4-2-12)21-8-5-14(17(21)23)20-16(22)15(19)11-6-9-24-10-7-11;/h1-4,11,14-15H,5-10,19H2,(H,20,22);1H. The summed E-state index contributed by atoms with van der Waals surface area (Å²) >= 11 is 5.88. The molecule has 2 atom stereocenters. The van der Waals surface area contributed by atoms with Gasteiger partial charge in [0.1, 0.15) is 6.04 Å². The van der Waals surface area contributed by atoms with Crippen LogP contribution < -0.4 is 16.0 Å². The molecule has 0 aromatic heterocycles. The number of ether oxygens (including phenoxy) is 1. The highest BCUT2D eigenvalue weighted by atomic mass is 35.5. The number of carbonyl (C=O) groups excluding carboxylic acids is 2. The van der Waals surface area contributed by atoms with Crippen molar-refractivity contribution in [2.75, 3.05) is 24.7 Å². The number of halogens is 2. The van der Waals surface area contributed by atoms with Crippen molar-refractivity contribution in [3.63, 3.8) is 0 Å². The van der Waals surface area contributed by atoms with E-state index in [1.54, 1.807) is 29.2 Å². The zero-order valence-electron chi connectivity index (χ0n) is 13.8. The van der Waals surface area contributed by atoms with Crippen LogP contribution in [0.3, 0.4) is 0 Å². The molecule has 1 aromatic carbocycles. The Bertz CT molecular complexity index is 606. The maximum absolute atomic E-state index is 12.5. The molecule has 2 amide bonds. The van der Waals surface area contributed by atoms with Crippen molar-refractivity contribution in [3.05, 3.63) is 29.3 Å². The van der Waals surface area contributed by atoms with E-state index in [4.69, 9.17) is 22.1 Å². The second-order valence-corrected chi connectivity index (χ2v) is 6.73. The molecule has 0 aliphatic carbocycles. The van der Waals surface area contributed by atoms with Gasteiger partial charge in [-0.05, 0) is 49.4 Å². The lowest BCUT2D eigenvalue weighted by molar-refractivity contribution is -0.128. The Morgan fingerprint density at radius 3 is 2.52 bits per heavy atom. The molecule has 8 heteroatoms. The summed E-state index contributed by atoms with van der Waals surface area (Å²) in [6.45, 7) is 1.84. The topological polar surface area (TPSA) is 84.7 Å². The Morgan fingerprint density at radius 1 is 1.24 bits per heavy atom. The van der Waals surface area contributed by atoms with Crippen LogP contribution >= 0.6 is 24.0 Å². The lowest BCUT2D eigenvalue weighted by Gasteiger charge is -2.27. The first-order chi connectivity index (χ1) is 11.6. The number of amides is 2. The van der Waals surface area contributed by atoms with Crippen LogP contribution in [-0.2, 0) is 14.3 Å². The molecule has 2 saturated heterocycles. The quantitative estimate of drug-likeness (QED) is 0.823. The van der Waals surface area contributed by atoms with Crippen LogP contribution in [0.15, 0.2) is 24.3 Å². The van der Waals surface area contributed by atoms with Gasteiger partial charge in [0.25, 0.3) is 0 Å². The third-order valence-corrected chi connectivity index (χ3v) is 4.99. The summed E-state index contributed by atoms with van der Waals surface area (Å²) in [6, 6.07) is 6.00. The molecule has 0 bridgehead atoms. The minimum absolute atomic E-state index is 0. The fourth-order valence-electron chi connectivity index (χ4n) is 3.25. The Hall–Kier alpha value is -1.34. The molecule has 0 spiro atoms. The van der Waals surface area contributed by atoms with E-state index in [1.165, 1.54) is 0 Å². The van der Waals surface area contributed by atoms with E-state index < -0.39 is 12.1 Å². The van der Waals surface area contributed by atoms with Crippen molar-refractivity contribution < 1.29 is 14.3 Å². The molecule has 2 fully saturated rings. The van der Waals surface area contributed by atoms with Crippen molar-refractivity contribution >= 4 is 41.5 Å². The predicted octanol–water partition coefficient (Wildman–Crippen LogP) is 1.74. The zero-order valence-corrected chi connectivity index (χ0v) is 15.4. The lowest BCUT2D eigenvalue weighted by Crippen LogP contribution is -2.51. The van der Waals surface area contributed by atoms with Gasteiger partial charge in [-0.1, -0.05) is 11.6 Å². The van der Waals surface area contributed by atoms with Crippen molar-refractivity contribution in [3.8, 4) is 0 Å². The Balaban J connectivity index is 0.00000225. The van der Waals surface area contributed by atoms with Crippen molar-refractivity contribution in [2.24, 2.45) is 11.7 Å². The summed E-state index contributed by atoms with van der Waals surface area (Å²) < 4.78 is 5.29. The fourth-order valence-corrected chi connectivity index (χ4v) is 3.37. The predicted molar refractivity (Wildman–Crippen MR) is 99.1 cm³/mol. The van der Waals surface area contributed by atoms with Gasteiger partial charge in [-0.2, -0.15) is 0 Å². The smallest absolute Gasteiger partial charge is 0.249 e. The molecule has 2 aliphatic heterocycles. The van der Waals surface area contributed by atoms with Crippen LogP contribution in [0.2, 0.25) is 5.02 Å². The van der Waals surface area contributed by atoms with Gasteiger partial charge in [0.05, 0.1) is 6.04 Å². The summed E-state index contributed by atoms with van der Waals surface area (Å²) in [5, 5.41) is 3.44. The van der Waals surface area contributed by atoms with E-state index >= 15 is 0 Å². The van der Waals surface area contributed by atoms with Crippen LogP contribution in [0.25, 0.3) is 0 Å². The lowest BCUT2D eigenvalue weighted by atomic mass is 9.91. The number of hydrogen-bond donors (Lipinski definition) is 2. The number of carbonyl (C=O) groups is 2. The minimum atomic E-state index is -0.591. The highest BCUT2D eigenvalue weighted by molar-refractivity contribution is 6.30. The van der Waals surface area contributed by atoms with E-state index in [0.717, 1.165) is 18.5 Å². The molecular weight excluding hydrogens is 365 g/mol. The first-order valence-corrected chi connectivity index (χ1v) is 8.64. The van der Waals surface area contributed by atoms with Gasteiger partial charge < -0.3 is 20.7 Å². The Labute approximate surface area is 158 Å². The summed E-state index contributed by atoms with van der Waals surface area (Å²) in [6.07, 6.45) is 2.14. The zero-order chi connectivity index (χ0) is 17.1. The molecule has 25 heavy (non-hydrogen) atoms. The third kappa shape index (κ3) is 4.64. The van der Waals surface area contributed by atoms with Gasteiger partial charge in [-0.25, -0.2) is 0 Å². The second-order valence-electron chi connectivity index (χ2n) is 6.29. The SMILES string of the molecule is Cl.NC(C(=O)NC1CCN(c2ccc(Cl)cc2)C1=O)C1CCOCC1. The average molecular weight is 388 g/mol. The number of anilines is 1. The molecule has 3 N–H and O–H groups in total. The highest BCUT2D eigenvalue weighted by Gasteiger charge is 2.36. The van der Waals surface area contributed by atoms with Crippen LogP contribution in [0.5, 0.6) is 0 Å². The molecule has 1 aromatic rings. The summed E-state index contributed by atoms with van der Waals surface area (Å²) in [5.41, 5.74) is 6.86. The number of nitrogens with zero attached hydrogens (tertiary/aromatic N) is 1. The molecule has 0 radical (unpaired) electrons. The number of benzene rings is 1. The molecule has 6 nitrogen and oxygen atoms in total. The van der Waals surface area contributed by atoms with Crippen molar-refractivity contribution in [1.29, 1.82) is 0 Å². The fraction of sp³-hybridized carbons (Fsp3) is 0.529. The Kier molecular flexibility index (Phi) is 7.07. The first kappa shape index (κ1) is 20.0. The highest BCUT2D eigenvalue weighted by Crippen LogP contribution is 2.24. The second kappa shape index (κ2) is 8.85. The van der Waals surface area contributed by atoms with Crippen LogP contribution in [0, 0.1) is 5.92 Å². The molecule has 138 valence electrons. The number of nitrogens with one attached hydrogen (secondary N) is 1. The molecule has 2 unspecified atom stereocenters. The summed E-state index contributed by atoms with van der Waals surface area (Å²) in [5.74, 6) is -0.245. The van der Waals surface area contributed by atoms with E-state index in [9.17, 15) is 9.59 Å². The largest absolute Gasteiger partial charge is 0.381 e. The summed E-state index contributed by atoms with van der Waals surface area (Å²) in [7, 11) is 0. The molecule has 2 heterocycles. The number of rotatable bonds is 4. The van der Waals surface area contributed by atoms with Crippen molar-refractivity contribution in [1.82, 2.24) is 5.32 Å². The normalized spacial score (nSPS) is 22.4. The van der Waals surface area contributed by atoms with E-state index in [2.05, 4.69) is 5.32 Å². The van der Waals surface area contributed by atoms with Gasteiger partial charge in [0.2, 0.25) is 11.8 Å². The van der Waals surface area contributed by atoms with Gasteiger partial charge in [-0.15, -0.1) is 12.4 Å². The van der Waals surface area contributed by atoms with E-state index in [0.29, 0.717) is 31.2 Å². The van der Waals surface area contributed by atoms with Crippen LogP contribution in [0.4, 0.5) is 5.69 Å². The summed E-state index contributed by atoms with van der Waals surface area (Å²) in [4.78, 5) is 26.6. The molecule has 2 aliphatic rings. The monoisotopic (exact) mass is 387 g/mol. The Morgan fingerprint density at radius 2 is 1.88 bits per heavy atom. The number of hydrogen-bond acceptors (Lipinski definition) is 4. The molecule has 3 rings (SSSR count). The average Bonchev–Trinajstić information content (AvgIpc) is 2.96. The first-order valence-electron chi connectivity index (χ1n) is 8.27. The third-order valence-electron chi connectivity index (χ3n) is 4.74. The molecule has 0 saturated carbocycles. The van der Waals surface area contributed by atoms with Gasteiger partial charge in [0, 0.05) is 30.5 Å². The number of nitrogens with two attached hydrogens (primary N) is 1. The molecular formula is C17H23Cl2N3O3. The van der Waals surface area contributed by atoms with Gasteiger partial charge >= 0.3 is 0 Å². The minimum Gasteiger partial charge on any atom is -0.381 e. The maximum Gasteiger partial charge on any atom is 0.249 e. The van der Waals surface area contributed by atoms with Crippen LogP contribution in [0.1, 0.15) is 19.3 Å². The van der Waals surface area contributed by atoms with Gasteiger partial charge in [-0.3, -0.25) is 9.59 Å². The van der Waals surface area contributed by atoms with Crippen molar-refractivity contribution in [2.45, 2.75) is 31.3 Å². The maximum atomic E-state index is 12.5. The van der Waals surface area contributed by atoms with E-state index in [-0.39, 0.29) is 30.1 Å².